The van der Waals surface area contributed by atoms with Gasteiger partial charge < -0.3 is 14.8 Å². The molecule has 1 fully saturated rings. The van der Waals surface area contributed by atoms with Crippen LogP contribution in [-0.2, 0) is 22.6 Å². The number of hydrogen-bond donors (Lipinski definition) is 1. The fraction of sp³-hybridized carbons (Fsp3) is 0.667. The fourth-order valence-electron chi connectivity index (χ4n) is 2.93. The van der Waals surface area contributed by atoms with E-state index in [9.17, 15) is 0 Å². The van der Waals surface area contributed by atoms with E-state index in [1.54, 1.807) is 0 Å². The van der Waals surface area contributed by atoms with Crippen molar-refractivity contribution >= 4 is 0 Å². The minimum atomic E-state index is 0.444. The first-order chi connectivity index (χ1) is 10.3. The van der Waals surface area contributed by atoms with Gasteiger partial charge in [0.05, 0.1) is 12.7 Å². The summed E-state index contributed by atoms with van der Waals surface area (Å²) >= 11 is 0. The monoisotopic (exact) mass is 291 g/mol. The molecule has 0 aliphatic carbocycles. The minimum Gasteiger partial charge on any atom is -0.378 e. The summed E-state index contributed by atoms with van der Waals surface area (Å²) in [6.07, 6.45) is 5.09. The van der Waals surface area contributed by atoms with Crippen LogP contribution in [0.15, 0.2) is 24.3 Å². The molecule has 0 radical (unpaired) electrons. The number of hydrogen-bond acceptors (Lipinski definition) is 3. The third-order valence-corrected chi connectivity index (χ3v) is 4.14. The highest BCUT2D eigenvalue weighted by Crippen LogP contribution is 2.19. The van der Waals surface area contributed by atoms with Crippen molar-refractivity contribution < 1.29 is 9.47 Å². The van der Waals surface area contributed by atoms with Crippen LogP contribution in [0.3, 0.4) is 0 Å². The van der Waals surface area contributed by atoms with Gasteiger partial charge in [-0.15, -0.1) is 0 Å². The Labute approximate surface area is 129 Å². The van der Waals surface area contributed by atoms with Crippen LogP contribution in [0.2, 0.25) is 0 Å². The molecule has 3 nitrogen and oxygen atoms in total. The van der Waals surface area contributed by atoms with Crippen molar-refractivity contribution in [1.29, 1.82) is 0 Å². The zero-order chi connectivity index (χ0) is 14.9. The molecule has 1 aliphatic heterocycles. The van der Waals surface area contributed by atoms with E-state index in [1.165, 1.54) is 24.0 Å². The van der Waals surface area contributed by atoms with Gasteiger partial charge in [-0.25, -0.2) is 0 Å². The molecule has 0 bridgehead atoms. The molecule has 2 unspecified atom stereocenters. The number of benzene rings is 1. The zero-order valence-electron chi connectivity index (χ0n) is 13.4. The summed E-state index contributed by atoms with van der Waals surface area (Å²) in [5.41, 5.74) is 2.65. The van der Waals surface area contributed by atoms with E-state index in [1.807, 2.05) is 6.92 Å². The van der Waals surface area contributed by atoms with E-state index in [4.69, 9.17) is 9.47 Å². The van der Waals surface area contributed by atoms with Crippen LogP contribution >= 0.6 is 0 Å². The Morgan fingerprint density at radius 3 is 2.81 bits per heavy atom. The van der Waals surface area contributed by atoms with Crippen molar-refractivity contribution in [2.45, 2.75) is 64.8 Å². The van der Waals surface area contributed by atoms with Gasteiger partial charge in [0.2, 0.25) is 0 Å². The maximum Gasteiger partial charge on any atom is 0.0719 e. The SMILES string of the molecule is CCCC1CC(NCc2ccccc2COCC)CCO1. The van der Waals surface area contributed by atoms with Gasteiger partial charge in [0.1, 0.15) is 0 Å². The highest BCUT2D eigenvalue weighted by molar-refractivity contribution is 5.26. The van der Waals surface area contributed by atoms with E-state index >= 15 is 0 Å². The lowest BCUT2D eigenvalue weighted by Gasteiger charge is -2.30. The molecule has 1 N–H and O–H groups in total. The highest BCUT2D eigenvalue weighted by atomic mass is 16.5. The third-order valence-electron chi connectivity index (χ3n) is 4.14. The largest absolute Gasteiger partial charge is 0.378 e. The molecule has 2 rings (SSSR count). The van der Waals surface area contributed by atoms with Crippen LogP contribution in [0.5, 0.6) is 0 Å². The van der Waals surface area contributed by atoms with Gasteiger partial charge in [0.15, 0.2) is 0 Å². The lowest BCUT2D eigenvalue weighted by atomic mass is 9.99. The van der Waals surface area contributed by atoms with E-state index < -0.39 is 0 Å². The molecule has 1 aromatic rings. The van der Waals surface area contributed by atoms with Crippen LogP contribution in [-0.4, -0.2) is 25.4 Å². The molecule has 3 heteroatoms. The maximum atomic E-state index is 5.82. The van der Waals surface area contributed by atoms with Crippen LogP contribution in [0.1, 0.15) is 50.7 Å². The summed E-state index contributed by atoms with van der Waals surface area (Å²) < 4.78 is 11.4. The molecule has 2 atom stereocenters. The van der Waals surface area contributed by atoms with E-state index in [0.29, 0.717) is 18.8 Å². The van der Waals surface area contributed by atoms with Crippen molar-refractivity contribution in [3.05, 3.63) is 35.4 Å². The van der Waals surface area contributed by atoms with Gasteiger partial charge in [-0.05, 0) is 37.3 Å². The summed E-state index contributed by atoms with van der Waals surface area (Å²) in [5.74, 6) is 0. The second kappa shape index (κ2) is 9.19. The van der Waals surface area contributed by atoms with Crippen molar-refractivity contribution in [1.82, 2.24) is 5.32 Å². The molecule has 1 saturated heterocycles. The predicted octanol–water partition coefficient (Wildman–Crippen LogP) is 3.66. The molecule has 21 heavy (non-hydrogen) atoms. The maximum absolute atomic E-state index is 5.82. The summed E-state index contributed by atoms with van der Waals surface area (Å²) in [6, 6.07) is 9.14. The predicted molar refractivity (Wildman–Crippen MR) is 86.3 cm³/mol. The average molecular weight is 291 g/mol. The third kappa shape index (κ3) is 5.42. The Balaban J connectivity index is 1.84. The lowest BCUT2D eigenvalue weighted by Crippen LogP contribution is -2.38. The van der Waals surface area contributed by atoms with Crippen LogP contribution in [0.25, 0.3) is 0 Å². The van der Waals surface area contributed by atoms with Gasteiger partial charge in [-0.3, -0.25) is 0 Å². The van der Waals surface area contributed by atoms with Crippen molar-refractivity contribution in [2.24, 2.45) is 0 Å². The summed E-state index contributed by atoms with van der Waals surface area (Å²) in [7, 11) is 0. The van der Waals surface area contributed by atoms with Crippen LogP contribution < -0.4 is 5.32 Å². The van der Waals surface area contributed by atoms with Crippen LogP contribution in [0, 0.1) is 0 Å². The van der Waals surface area contributed by atoms with Gasteiger partial charge in [-0.1, -0.05) is 37.6 Å². The topological polar surface area (TPSA) is 30.5 Å². The molecule has 1 aliphatic rings. The Morgan fingerprint density at radius 1 is 1.24 bits per heavy atom. The first-order valence-corrected chi connectivity index (χ1v) is 8.33. The molecular formula is C18H29NO2. The molecular weight excluding hydrogens is 262 g/mol. The van der Waals surface area contributed by atoms with E-state index in [2.05, 4.69) is 36.5 Å². The molecule has 1 aromatic carbocycles. The van der Waals surface area contributed by atoms with Gasteiger partial charge in [0, 0.05) is 25.8 Å². The van der Waals surface area contributed by atoms with Gasteiger partial charge >= 0.3 is 0 Å². The van der Waals surface area contributed by atoms with Crippen molar-refractivity contribution in [3.63, 3.8) is 0 Å². The summed E-state index contributed by atoms with van der Waals surface area (Å²) in [6.45, 7) is 7.55. The number of ether oxygens (including phenoxy) is 2. The van der Waals surface area contributed by atoms with Crippen LogP contribution in [0.4, 0.5) is 0 Å². The molecule has 0 saturated carbocycles. The first kappa shape index (κ1) is 16.5. The summed E-state index contributed by atoms with van der Waals surface area (Å²) in [5, 5.41) is 3.71. The Morgan fingerprint density at radius 2 is 2.05 bits per heavy atom. The zero-order valence-corrected chi connectivity index (χ0v) is 13.4. The number of rotatable bonds is 8. The smallest absolute Gasteiger partial charge is 0.0719 e. The second-order valence-corrected chi connectivity index (χ2v) is 5.79. The summed E-state index contributed by atoms with van der Waals surface area (Å²) in [4.78, 5) is 0. The Hall–Kier alpha value is -0.900. The minimum absolute atomic E-state index is 0.444. The normalized spacial score (nSPS) is 22.4. The van der Waals surface area contributed by atoms with Crippen molar-refractivity contribution in [3.8, 4) is 0 Å². The highest BCUT2D eigenvalue weighted by Gasteiger charge is 2.21. The Bertz CT molecular complexity index is 406. The average Bonchev–Trinajstić information content (AvgIpc) is 2.52. The Kier molecular flexibility index (Phi) is 7.20. The lowest BCUT2D eigenvalue weighted by molar-refractivity contribution is -0.00346. The molecule has 0 aromatic heterocycles. The molecule has 1 heterocycles. The van der Waals surface area contributed by atoms with Crippen molar-refractivity contribution in [2.75, 3.05) is 13.2 Å². The second-order valence-electron chi connectivity index (χ2n) is 5.79. The number of nitrogens with one attached hydrogen (secondary N) is 1. The van der Waals surface area contributed by atoms with Gasteiger partial charge in [0.25, 0.3) is 0 Å². The van der Waals surface area contributed by atoms with Gasteiger partial charge in [-0.2, -0.15) is 0 Å². The molecule has 118 valence electrons. The van der Waals surface area contributed by atoms with E-state index in [0.717, 1.165) is 32.6 Å². The fourth-order valence-corrected chi connectivity index (χ4v) is 2.93. The standard InChI is InChI=1S/C18H29NO2/c1-3-7-18-12-17(10-11-21-18)19-13-15-8-5-6-9-16(15)14-20-4-2/h5-6,8-9,17-19H,3-4,7,10-14H2,1-2H3. The molecule has 0 amide bonds. The van der Waals surface area contributed by atoms with E-state index in [-0.39, 0.29) is 0 Å². The first-order valence-electron chi connectivity index (χ1n) is 8.33. The quantitative estimate of drug-likeness (QED) is 0.793. The molecule has 0 spiro atoms.